The van der Waals surface area contributed by atoms with Gasteiger partial charge in [-0.15, -0.1) is 0 Å². The molecule has 1 heterocycles. The third kappa shape index (κ3) is 5.46. The maximum Gasteiger partial charge on any atom is 0.137 e. The first-order valence-electron chi connectivity index (χ1n) is 9.87. The number of hydrogen-bond donors (Lipinski definition) is 1. The lowest BCUT2D eigenvalue weighted by atomic mass is 9.92. The molecule has 0 saturated heterocycles. The van der Waals surface area contributed by atoms with Crippen molar-refractivity contribution >= 4 is 0 Å². The highest BCUT2D eigenvalue weighted by atomic mass is 19.1. The summed E-state index contributed by atoms with van der Waals surface area (Å²) in [7, 11) is 0. The van der Waals surface area contributed by atoms with Crippen LogP contribution in [0.1, 0.15) is 30.9 Å². The van der Waals surface area contributed by atoms with E-state index in [2.05, 4.69) is 10.1 Å². The number of rotatable bonds is 10. The molecular weight excluding hydrogens is 393 g/mol. The monoisotopic (exact) mass is 418 g/mol. The topological polar surface area (TPSA) is 54.2 Å². The first kappa shape index (κ1) is 22.0. The van der Waals surface area contributed by atoms with Gasteiger partial charge in [-0.25, -0.2) is 22.8 Å². The molecule has 3 aromatic rings. The Bertz CT molecular complexity index is 951. The fraction of sp³-hybridized carbons (Fsp3) is 0.364. The van der Waals surface area contributed by atoms with Gasteiger partial charge in [0, 0.05) is 30.3 Å². The van der Waals surface area contributed by atoms with Gasteiger partial charge in [-0.3, -0.25) is 4.90 Å². The summed E-state index contributed by atoms with van der Waals surface area (Å²) in [5.74, 6) is -1.92. The number of nitrogens with zero attached hydrogens (tertiary/aromatic N) is 4. The summed E-state index contributed by atoms with van der Waals surface area (Å²) in [5.41, 5.74) is -1.30. The molecule has 0 saturated carbocycles. The van der Waals surface area contributed by atoms with Crippen LogP contribution in [0.15, 0.2) is 55.1 Å². The smallest absolute Gasteiger partial charge is 0.137 e. The Hall–Kier alpha value is -2.71. The van der Waals surface area contributed by atoms with Crippen LogP contribution in [-0.4, -0.2) is 37.9 Å². The van der Waals surface area contributed by atoms with E-state index >= 15 is 0 Å². The van der Waals surface area contributed by atoms with Crippen molar-refractivity contribution in [2.75, 3.05) is 13.1 Å². The van der Waals surface area contributed by atoms with Gasteiger partial charge in [0.25, 0.3) is 0 Å². The van der Waals surface area contributed by atoms with Gasteiger partial charge in [-0.2, -0.15) is 5.10 Å². The van der Waals surface area contributed by atoms with E-state index in [-0.39, 0.29) is 31.0 Å². The molecule has 0 aliphatic carbocycles. The Labute approximate surface area is 173 Å². The van der Waals surface area contributed by atoms with Crippen LogP contribution in [0.2, 0.25) is 0 Å². The van der Waals surface area contributed by atoms with Crippen LogP contribution < -0.4 is 0 Å². The second-order valence-electron chi connectivity index (χ2n) is 7.40. The summed E-state index contributed by atoms with van der Waals surface area (Å²) in [6.07, 6.45) is 4.45. The molecule has 5 nitrogen and oxygen atoms in total. The highest BCUT2D eigenvalue weighted by molar-refractivity contribution is 5.26. The molecule has 0 aliphatic heterocycles. The number of halogens is 3. The molecule has 1 unspecified atom stereocenters. The number of hydrogen-bond acceptors (Lipinski definition) is 4. The average molecular weight is 418 g/mol. The first-order chi connectivity index (χ1) is 14.4. The summed E-state index contributed by atoms with van der Waals surface area (Å²) >= 11 is 0. The fourth-order valence-electron chi connectivity index (χ4n) is 3.50. The van der Waals surface area contributed by atoms with E-state index in [0.717, 1.165) is 25.0 Å². The maximum absolute atomic E-state index is 14.6. The van der Waals surface area contributed by atoms with E-state index < -0.39 is 17.2 Å². The predicted molar refractivity (Wildman–Crippen MR) is 107 cm³/mol. The average Bonchev–Trinajstić information content (AvgIpc) is 3.20. The third-order valence-electron chi connectivity index (χ3n) is 4.99. The second-order valence-corrected chi connectivity index (χ2v) is 7.40. The van der Waals surface area contributed by atoms with E-state index in [1.54, 1.807) is 18.2 Å². The zero-order valence-electron chi connectivity index (χ0n) is 16.8. The number of aliphatic hydroxyl groups is 1. The van der Waals surface area contributed by atoms with Crippen molar-refractivity contribution in [3.63, 3.8) is 0 Å². The van der Waals surface area contributed by atoms with Gasteiger partial charge >= 0.3 is 0 Å². The summed E-state index contributed by atoms with van der Waals surface area (Å²) in [5, 5.41) is 15.6. The van der Waals surface area contributed by atoms with Crippen LogP contribution in [0.4, 0.5) is 13.2 Å². The Kier molecular flexibility index (Phi) is 7.23. The van der Waals surface area contributed by atoms with Crippen LogP contribution in [0, 0.1) is 17.5 Å². The zero-order chi connectivity index (χ0) is 21.6. The lowest BCUT2D eigenvalue weighted by molar-refractivity contribution is -0.0242. The highest BCUT2D eigenvalue weighted by Crippen LogP contribution is 2.29. The van der Waals surface area contributed by atoms with Crippen molar-refractivity contribution in [1.29, 1.82) is 0 Å². The van der Waals surface area contributed by atoms with Crippen LogP contribution >= 0.6 is 0 Å². The van der Waals surface area contributed by atoms with Gasteiger partial charge in [-0.05, 0) is 25.1 Å². The minimum Gasteiger partial charge on any atom is -0.382 e. The fourth-order valence-corrected chi connectivity index (χ4v) is 3.50. The van der Waals surface area contributed by atoms with Gasteiger partial charge in [0.15, 0.2) is 0 Å². The summed E-state index contributed by atoms with van der Waals surface area (Å²) in [6, 6.07) is 9.52. The van der Waals surface area contributed by atoms with Crippen LogP contribution in [0.5, 0.6) is 0 Å². The molecule has 0 bridgehead atoms. The third-order valence-corrected chi connectivity index (χ3v) is 4.99. The van der Waals surface area contributed by atoms with Crippen molar-refractivity contribution in [1.82, 2.24) is 19.7 Å². The van der Waals surface area contributed by atoms with Gasteiger partial charge in [0.05, 0.1) is 6.54 Å². The van der Waals surface area contributed by atoms with E-state index in [4.69, 9.17) is 0 Å². The molecule has 8 heteroatoms. The SMILES string of the molecule is CCCCN(Cc1ccccc1F)CC(O)(Cn1cncn1)c1ccc(F)cc1F. The molecular formula is C22H25F3N4O. The van der Waals surface area contributed by atoms with Crippen molar-refractivity contribution in [3.8, 4) is 0 Å². The van der Waals surface area contributed by atoms with E-state index in [1.807, 2.05) is 11.8 Å². The molecule has 0 radical (unpaired) electrons. The van der Waals surface area contributed by atoms with Crippen LogP contribution in [-0.2, 0) is 18.7 Å². The molecule has 0 fully saturated rings. The van der Waals surface area contributed by atoms with Crippen LogP contribution in [0.25, 0.3) is 0 Å². The van der Waals surface area contributed by atoms with E-state index in [1.165, 1.54) is 29.5 Å². The largest absolute Gasteiger partial charge is 0.382 e. The highest BCUT2D eigenvalue weighted by Gasteiger charge is 2.35. The minimum absolute atomic E-state index is 0.00372. The maximum atomic E-state index is 14.6. The molecule has 0 aliphatic rings. The Morgan fingerprint density at radius 1 is 1.10 bits per heavy atom. The Morgan fingerprint density at radius 2 is 1.90 bits per heavy atom. The number of aromatic nitrogens is 3. The Morgan fingerprint density at radius 3 is 2.57 bits per heavy atom. The van der Waals surface area contributed by atoms with Gasteiger partial charge in [-0.1, -0.05) is 37.6 Å². The Balaban J connectivity index is 1.94. The van der Waals surface area contributed by atoms with Gasteiger partial charge in [0.2, 0.25) is 0 Å². The zero-order valence-corrected chi connectivity index (χ0v) is 16.8. The summed E-state index contributed by atoms with van der Waals surface area (Å²) in [6.45, 7) is 2.77. The molecule has 2 aromatic carbocycles. The summed E-state index contributed by atoms with van der Waals surface area (Å²) < 4.78 is 43.7. The molecule has 30 heavy (non-hydrogen) atoms. The molecule has 1 N–H and O–H groups in total. The van der Waals surface area contributed by atoms with Crippen molar-refractivity contribution in [2.45, 2.75) is 38.5 Å². The van der Waals surface area contributed by atoms with Crippen molar-refractivity contribution in [2.24, 2.45) is 0 Å². The quantitative estimate of drug-likeness (QED) is 0.543. The summed E-state index contributed by atoms with van der Waals surface area (Å²) in [4.78, 5) is 5.75. The molecule has 0 spiro atoms. The molecule has 1 atom stereocenters. The van der Waals surface area contributed by atoms with E-state index in [0.29, 0.717) is 12.1 Å². The predicted octanol–water partition coefficient (Wildman–Crippen LogP) is 3.89. The molecule has 1 aromatic heterocycles. The van der Waals surface area contributed by atoms with Crippen LogP contribution in [0.3, 0.4) is 0 Å². The molecule has 0 amide bonds. The van der Waals surface area contributed by atoms with Crippen molar-refractivity contribution in [3.05, 3.63) is 83.7 Å². The van der Waals surface area contributed by atoms with Gasteiger partial charge < -0.3 is 5.11 Å². The van der Waals surface area contributed by atoms with E-state index in [9.17, 15) is 18.3 Å². The first-order valence-corrected chi connectivity index (χ1v) is 9.87. The minimum atomic E-state index is -1.73. The normalized spacial score (nSPS) is 13.5. The van der Waals surface area contributed by atoms with Crippen molar-refractivity contribution < 1.29 is 18.3 Å². The molecule has 160 valence electrons. The lowest BCUT2D eigenvalue weighted by Crippen LogP contribution is -2.45. The number of benzene rings is 2. The lowest BCUT2D eigenvalue weighted by Gasteiger charge is -2.35. The molecule has 3 rings (SSSR count). The van der Waals surface area contributed by atoms with Gasteiger partial charge in [0.1, 0.15) is 35.7 Å². The standard InChI is InChI=1S/C22H25F3N4O/c1-2-3-10-28(12-17-6-4-5-7-20(17)24)13-22(30,14-29-16-26-15-27-29)19-9-8-18(23)11-21(19)25/h4-9,11,15-16,30H,2-3,10,12-14H2,1H3. The second kappa shape index (κ2) is 9.86. The number of unbranched alkanes of at least 4 members (excludes halogenated alkanes) is 1.